The Bertz CT molecular complexity index is 1000. The van der Waals surface area contributed by atoms with E-state index in [4.69, 9.17) is 4.74 Å². The minimum absolute atomic E-state index is 0.304. The van der Waals surface area contributed by atoms with Gasteiger partial charge in [0.15, 0.2) is 0 Å². The van der Waals surface area contributed by atoms with Crippen molar-refractivity contribution in [2.45, 2.75) is 33.2 Å². The smallest absolute Gasteiger partial charge is 0.322 e. The van der Waals surface area contributed by atoms with E-state index in [1.807, 2.05) is 6.07 Å². The molecule has 1 heterocycles. The van der Waals surface area contributed by atoms with Gasteiger partial charge < -0.3 is 15.4 Å². The molecule has 1 aliphatic heterocycles. The third kappa shape index (κ3) is 5.05. The number of ether oxygens (including phenoxy) is 1. The highest BCUT2D eigenvalue weighted by Crippen LogP contribution is 2.33. The van der Waals surface area contributed by atoms with Crippen LogP contribution in [0, 0.1) is 11.7 Å². The van der Waals surface area contributed by atoms with E-state index in [1.54, 1.807) is 42.2 Å². The molecule has 31 heavy (non-hydrogen) atoms. The number of benzene rings is 2. The summed E-state index contributed by atoms with van der Waals surface area (Å²) in [6.07, 6.45) is 0.788. The van der Waals surface area contributed by atoms with Crippen LogP contribution in [0.5, 0.6) is 5.75 Å². The van der Waals surface area contributed by atoms with Crippen molar-refractivity contribution < 1.29 is 18.7 Å². The summed E-state index contributed by atoms with van der Waals surface area (Å²) in [6, 6.07) is 11.9. The lowest BCUT2D eigenvalue weighted by atomic mass is 9.93. The van der Waals surface area contributed by atoms with Gasteiger partial charge in [-0.2, -0.15) is 0 Å². The number of allylic oxidation sites excluding steroid dienone is 1. The van der Waals surface area contributed by atoms with Crippen molar-refractivity contribution in [3.63, 3.8) is 0 Å². The van der Waals surface area contributed by atoms with Crippen LogP contribution in [0.1, 0.15) is 38.8 Å². The van der Waals surface area contributed by atoms with Crippen LogP contribution in [0.4, 0.5) is 14.9 Å². The van der Waals surface area contributed by atoms with Gasteiger partial charge in [0.2, 0.25) is 0 Å². The van der Waals surface area contributed by atoms with Crippen molar-refractivity contribution in [3.05, 3.63) is 71.2 Å². The van der Waals surface area contributed by atoms with Gasteiger partial charge >= 0.3 is 6.03 Å². The van der Waals surface area contributed by atoms with E-state index in [-0.39, 0.29) is 11.9 Å². The summed E-state index contributed by atoms with van der Waals surface area (Å²) >= 11 is 0. The third-order valence-corrected chi connectivity index (χ3v) is 5.31. The molecule has 2 aromatic carbocycles. The van der Waals surface area contributed by atoms with Crippen molar-refractivity contribution in [1.82, 2.24) is 10.2 Å². The second kappa shape index (κ2) is 9.64. The maximum Gasteiger partial charge on any atom is 0.322 e. The first-order chi connectivity index (χ1) is 14.8. The van der Waals surface area contributed by atoms with Crippen LogP contribution in [0.2, 0.25) is 0 Å². The molecule has 0 aromatic heterocycles. The fourth-order valence-electron chi connectivity index (χ4n) is 3.61. The van der Waals surface area contributed by atoms with Crippen molar-refractivity contribution in [2.75, 3.05) is 19.0 Å². The molecule has 0 bridgehead atoms. The molecular formula is C24H28FN3O3. The molecule has 0 spiro atoms. The molecule has 2 aromatic rings. The van der Waals surface area contributed by atoms with E-state index >= 15 is 0 Å². The molecule has 0 unspecified atom stereocenters. The largest absolute Gasteiger partial charge is 0.495 e. The summed E-state index contributed by atoms with van der Waals surface area (Å²) in [7, 11) is 1.53. The maximum absolute atomic E-state index is 13.9. The van der Waals surface area contributed by atoms with Crippen LogP contribution in [-0.4, -0.2) is 30.5 Å². The zero-order valence-corrected chi connectivity index (χ0v) is 18.2. The number of nitrogens with one attached hydrogen (secondary N) is 2. The summed E-state index contributed by atoms with van der Waals surface area (Å²) in [4.78, 5) is 27.8. The number of carbonyl (C=O) groups excluding carboxylic acids is 2. The predicted octanol–water partition coefficient (Wildman–Crippen LogP) is 4.86. The molecule has 1 atom stereocenters. The van der Waals surface area contributed by atoms with E-state index in [0.29, 0.717) is 40.7 Å². The molecular weight excluding hydrogens is 397 g/mol. The second-order valence-corrected chi connectivity index (χ2v) is 7.93. The van der Waals surface area contributed by atoms with E-state index in [2.05, 4.69) is 24.5 Å². The summed E-state index contributed by atoms with van der Waals surface area (Å²) < 4.78 is 19.3. The predicted molar refractivity (Wildman–Crippen MR) is 118 cm³/mol. The zero-order chi connectivity index (χ0) is 22.5. The molecule has 7 heteroatoms. The van der Waals surface area contributed by atoms with Crippen LogP contribution in [0.25, 0.3) is 0 Å². The Kier molecular flexibility index (Phi) is 6.95. The lowest BCUT2D eigenvalue weighted by Crippen LogP contribution is -2.49. The molecule has 0 saturated heterocycles. The lowest BCUT2D eigenvalue weighted by molar-refractivity contribution is -0.113. The van der Waals surface area contributed by atoms with Crippen LogP contribution in [0.3, 0.4) is 0 Å². The molecule has 1 aliphatic rings. The quantitative estimate of drug-likeness (QED) is 0.666. The maximum atomic E-state index is 13.9. The number of hydrogen-bond donors (Lipinski definition) is 2. The number of anilines is 1. The average Bonchev–Trinajstić information content (AvgIpc) is 2.73. The van der Waals surface area contributed by atoms with Gasteiger partial charge in [0, 0.05) is 12.2 Å². The van der Waals surface area contributed by atoms with Crippen LogP contribution in [-0.2, 0) is 4.79 Å². The molecule has 6 nitrogen and oxygen atoms in total. The molecule has 2 N–H and O–H groups in total. The van der Waals surface area contributed by atoms with Crippen molar-refractivity contribution in [2.24, 2.45) is 5.92 Å². The highest BCUT2D eigenvalue weighted by molar-refractivity contribution is 6.07. The Morgan fingerprint density at radius 1 is 1.23 bits per heavy atom. The first kappa shape index (κ1) is 22.3. The highest BCUT2D eigenvalue weighted by atomic mass is 19.1. The molecule has 0 radical (unpaired) electrons. The molecule has 0 fully saturated rings. The van der Waals surface area contributed by atoms with Gasteiger partial charge in [0.05, 0.1) is 24.4 Å². The van der Waals surface area contributed by atoms with E-state index < -0.39 is 11.9 Å². The molecule has 0 aliphatic carbocycles. The number of methoxy groups -OCH3 is 1. The first-order valence-corrected chi connectivity index (χ1v) is 10.3. The van der Waals surface area contributed by atoms with Gasteiger partial charge in [-0.3, -0.25) is 9.69 Å². The SMILES string of the molecule is COc1ccccc1NC(=O)C1=C(C)N(CCC(C)C)C(=O)N[C@@H]1c1cccc(F)c1. The normalized spacial score (nSPS) is 16.4. The Hall–Kier alpha value is -3.35. The summed E-state index contributed by atoms with van der Waals surface area (Å²) in [5, 5.41) is 5.76. The van der Waals surface area contributed by atoms with Crippen LogP contribution < -0.4 is 15.4 Å². The minimum Gasteiger partial charge on any atom is -0.495 e. The number of halogens is 1. The number of amides is 3. The van der Waals surface area contributed by atoms with Crippen molar-refractivity contribution in [3.8, 4) is 5.75 Å². The van der Waals surface area contributed by atoms with E-state index in [9.17, 15) is 14.0 Å². The summed E-state index contributed by atoms with van der Waals surface area (Å²) in [6.45, 7) is 6.39. The van der Waals surface area contributed by atoms with Gasteiger partial charge in [-0.15, -0.1) is 0 Å². The first-order valence-electron chi connectivity index (χ1n) is 10.3. The van der Waals surface area contributed by atoms with Crippen molar-refractivity contribution in [1.29, 1.82) is 0 Å². The number of carbonyl (C=O) groups is 2. The number of hydrogen-bond acceptors (Lipinski definition) is 3. The Balaban J connectivity index is 2.03. The van der Waals surface area contributed by atoms with Crippen LogP contribution >= 0.6 is 0 Å². The fourth-order valence-corrected chi connectivity index (χ4v) is 3.61. The molecule has 0 saturated carbocycles. The zero-order valence-electron chi connectivity index (χ0n) is 18.2. The topological polar surface area (TPSA) is 70.7 Å². The number of urea groups is 1. The monoisotopic (exact) mass is 425 g/mol. The minimum atomic E-state index is -0.770. The summed E-state index contributed by atoms with van der Waals surface area (Å²) in [5.74, 6) is 0.0993. The number of rotatable bonds is 7. The average molecular weight is 426 g/mol. The van der Waals surface area contributed by atoms with Gasteiger partial charge in [0.25, 0.3) is 5.91 Å². The Labute approximate surface area is 182 Å². The summed E-state index contributed by atoms with van der Waals surface area (Å²) in [5.41, 5.74) is 1.92. The van der Waals surface area contributed by atoms with Gasteiger partial charge in [-0.1, -0.05) is 38.1 Å². The highest BCUT2D eigenvalue weighted by Gasteiger charge is 2.35. The van der Waals surface area contributed by atoms with Crippen LogP contribution in [0.15, 0.2) is 59.8 Å². The molecule has 3 rings (SSSR count). The number of nitrogens with zero attached hydrogens (tertiary/aromatic N) is 1. The Morgan fingerprint density at radius 3 is 2.65 bits per heavy atom. The second-order valence-electron chi connectivity index (χ2n) is 7.93. The standard InChI is InChI=1S/C24H28FN3O3/c1-15(2)12-13-28-16(3)21(23(29)26-19-10-5-6-11-20(19)31-4)22(27-24(28)30)17-8-7-9-18(25)14-17/h5-11,14-15,22H,12-13H2,1-4H3,(H,26,29)(H,27,30)/t22-/m1/s1. The Morgan fingerprint density at radius 2 is 1.97 bits per heavy atom. The number of para-hydroxylation sites is 2. The van der Waals surface area contributed by atoms with Gasteiger partial charge in [-0.25, -0.2) is 9.18 Å². The third-order valence-electron chi connectivity index (χ3n) is 5.31. The lowest BCUT2D eigenvalue weighted by Gasteiger charge is -2.36. The van der Waals surface area contributed by atoms with Gasteiger partial charge in [-0.05, 0) is 49.1 Å². The van der Waals surface area contributed by atoms with E-state index in [1.165, 1.54) is 19.2 Å². The van der Waals surface area contributed by atoms with Crippen molar-refractivity contribution >= 4 is 17.6 Å². The van der Waals surface area contributed by atoms with Gasteiger partial charge in [0.1, 0.15) is 11.6 Å². The molecule has 164 valence electrons. The fraction of sp³-hybridized carbons (Fsp3) is 0.333. The van der Waals surface area contributed by atoms with E-state index in [0.717, 1.165) is 6.42 Å². The molecule has 3 amide bonds.